The van der Waals surface area contributed by atoms with Gasteiger partial charge in [0.05, 0.1) is 5.70 Å². The Hall–Kier alpha value is -3.21. The number of amides is 1. The molecule has 2 aromatic rings. The highest BCUT2D eigenvalue weighted by Gasteiger charge is 2.25. The van der Waals surface area contributed by atoms with Gasteiger partial charge in [-0.1, -0.05) is 24.3 Å². The fourth-order valence-electron chi connectivity index (χ4n) is 2.42. The molecule has 0 unspecified atom stereocenters. The number of benzene rings is 2. The zero-order valence-corrected chi connectivity index (χ0v) is 12.4. The van der Waals surface area contributed by atoms with Gasteiger partial charge >= 0.3 is 0 Å². The normalized spacial score (nSPS) is 13.2. The molecule has 0 saturated carbocycles. The molecule has 0 aliphatic heterocycles. The Balaban J connectivity index is 1.88. The van der Waals surface area contributed by atoms with Crippen LogP contribution in [-0.4, -0.2) is 17.5 Å². The average molecular weight is 306 g/mol. The SMILES string of the molecule is CC(=O)Nc1ccc(NC2=CC(=O)C(=O)c3ccccc32)cc1. The topological polar surface area (TPSA) is 75.3 Å². The minimum Gasteiger partial charge on any atom is -0.355 e. The molecule has 0 fully saturated rings. The molecule has 0 atom stereocenters. The summed E-state index contributed by atoms with van der Waals surface area (Å²) in [5.41, 5.74) is 3.12. The summed E-state index contributed by atoms with van der Waals surface area (Å²) in [6.07, 6.45) is 1.31. The first-order valence-corrected chi connectivity index (χ1v) is 7.09. The zero-order chi connectivity index (χ0) is 16.4. The van der Waals surface area contributed by atoms with Crippen LogP contribution in [0.5, 0.6) is 0 Å². The van der Waals surface area contributed by atoms with Crippen molar-refractivity contribution in [1.82, 2.24) is 0 Å². The second-order valence-electron chi connectivity index (χ2n) is 5.18. The summed E-state index contributed by atoms with van der Waals surface area (Å²) in [6.45, 7) is 1.44. The molecule has 2 N–H and O–H groups in total. The molecule has 0 heterocycles. The number of hydrogen-bond acceptors (Lipinski definition) is 4. The Morgan fingerprint density at radius 3 is 2.13 bits per heavy atom. The van der Waals surface area contributed by atoms with Crippen LogP contribution in [0.1, 0.15) is 22.8 Å². The van der Waals surface area contributed by atoms with Crippen LogP contribution in [0.4, 0.5) is 11.4 Å². The van der Waals surface area contributed by atoms with Crippen LogP contribution in [-0.2, 0) is 9.59 Å². The van der Waals surface area contributed by atoms with Crippen LogP contribution in [0, 0.1) is 0 Å². The van der Waals surface area contributed by atoms with Crippen LogP contribution < -0.4 is 10.6 Å². The number of Topliss-reactive ketones (excluding diaryl/α,β-unsaturated/α-hetero) is 1. The Morgan fingerprint density at radius 1 is 0.870 bits per heavy atom. The molecule has 0 radical (unpaired) electrons. The first-order valence-electron chi connectivity index (χ1n) is 7.09. The highest BCUT2D eigenvalue weighted by Crippen LogP contribution is 2.26. The summed E-state index contributed by atoms with van der Waals surface area (Å²) >= 11 is 0. The third-order valence-corrected chi connectivity index (χ3v) is 3.45. The van der Waals surface area contributed by atoms with E-state index in [9.17, 15) is 14.4 Å². The van der Waals surface area contributed by atoms with E-state index in [0.717, 1.165) is 5.69 Å². The molecule has 5 heteroatoms. The monoisotopic (exact) mass is 306 g/mol. The third kappa shape index (κ3) is 3.03. The van der Waals surface area contributed by atoms with Crippen molar-refractivity contribution < 1.29 is 14.4 Å². The maximum absolute atomic E-state index is 11.9. The number of anilines is 2. The predicted octanol–water partition coefficient (Wildman–Crippen LogP) is 2.86. The second kappa shape index (κ2) is 5.88. The van der Waals surface area contributed by atoms with E-state index in [1.54, 1.807) is 42.5 Å². The molecule has 0 saturated heterocycles. The van der Waals surface area contributed by atoms with Crippen LogP contribution in [0.2, 0.25) is 0 Å². The Bertz CT molecular complexity index is 836. The smallest absolute Gasteiger partial charge is 0.233 e. The number of rotatable bonds is 3. The molecule has 5 nitrogen and oxygen atoms in total. The molecule has 0 spiro atoms. The van der Waals surface area contributed by atoms with Crippen molar-refractivity contribution in [2.75, 3.05) is 10.6 Å². The molecule has 1 amide bonds. The van der Waals surface area contributed by atoms with Crippen LogP contribution in [0.3, 0.4) is 0 Å². The fraction of sp³-hybridized carbons (Fsp3) is 0.0556. The molecule has 3 rings (SSSR count). The Labute approximate surface area is 133 Å². The highest BCUT2D eigenvalue weighted by atomic mass is 16.2. The van der Waals surface area contributed by atoms with Gasteiger partial charge in [0, 0.05) is 35.5 Å². The van der Waals surface area contributed by atoms with Gasteiger partial charge in [-0.15, -0.1) is 0 Å². The van der Waals surface area contributed by atoms with Gasteiger partial charge in [-0.3, -0.25) is 14.4 Å². The van der Waals surface area contributed by atoms with Gasteiger partial charge < -0.3 is 10.6 Å². The predicted molar refractivity (Wildman–Crippen MR) is 88.1 cm³/mol. The molecule has 2 aromatic carbocycles. The number of ketones is 2. The van der Waals surface area contributed by atoms with Gasteiger partial charge in [0.15, 0.2) is 0 Å². The first kappa shape index (κ1) is 14.7. The molecular formula is C18H14N2O3. The molecule has 114 valence electrons. The minimum atomic E-state index is -0.541. The van der Waals surface area contributed by atoms with Gasteiger partial charge in [-0.2, -0.15) is 0 Å². The van der Waals surface area contributed by atoms with E-state index in [0.29, 0.717) is 22.5 Å². The van der Waals surface area contributed by atoms with Crippen molar-refractivity contribution in [3.8, 4) is 0 Å². The van der Waals surface area contributed by atoms with Gasteiger partial charge in [0.25, 0.3) is 0 Å². The largest absolute Gasteiger partial charge is 0.355 e. The minimum absolute atomic E-state index is 0.140. The van der Waals surface area contributed by atoms with Gasteiger partial charge in [0.1, 0.15) is 0 Å². The highest BCUT2D eigenvalue weighted by molar-refractivity contribution is 6.50. The molecule has 0 bridgehead atoms. The quantitative estimate of drug-likeness (QED) is 0.855. The maximum atomic E-state index is 11.9. The summed E-state index contributed by atoms with van der Waals surface area (Å²) in [5.74, 6) is -1.17. The Kier molecular flexibility index (Phi) is 3.76. The van der Waals surface area contributed by atoms with Crippen molar-refractivity contribution in [3.63, 3.8) is 0 Å². The van der Waals surface area contributed by atoms with Crippen LogP contribution in [0.25, 0.3) is 5.70 Å². The lowest BCUT2D eigenvalue weighted by Crippen LogP contribution is -2.20. The number of allylic oxidation sites excluding steroid dienone is 1. The van der Waals surface area contributed by atoms with Crippen molar-refractivity contribution in [2.45, 2.75) is 6.92 Å². The number of carbonyl (C=O) groups excluding carboxylic acids is 3. The van der Waals surface area contributed by atoms with Gasteiger partial charge in [0.2, 0.25) is 17.5 Å². The van der Waals surface area contributed by atoms with E-state index in [2.05, 4.69) is 10.6 Å². The number of nitrogens with one attached hydrogen (secondary N) is 2. The first-order chi connectivity index (χ1) is 11.0. The van der Waals surface area contributed by atoms with Crippen molar-refractivity contribution in [3.05, 3.63) is 65.7 Å². The fourth-order valence-corrected chi connectivity index (χ4v) is 2.42. The van der Waals surface area contributed by atoms with Crippen molar-refractivity contribution in [1.29, 1.82) is 0 Å². The molecule has 23 heavy (non-hydrogen) atoms. The number of hydrogen-bond donors (Lipinski definition) is 2. The van der Waals surface area contributed by atoms with E-state index < -0.39 is 11.6 Å². The van der Waals surface area contributed by atoms with Crippen LogP contribution >= 0.6 is 0 Å². The third-order valence-electron chi connectivity index (χ3n) is 3.45. The van der Waals surface area contributed by atoms with E-state index in [-0.39, 0.29) is 5.91 Å². The Morgan fingerprint density at radius 2 is 1.48 bits per heavy atom. The van der Waals surface area contributed by atoms with E-state index in [1.165, 1.54) is 13.0 Å². The molecule has 0 aromatic heterocycles. The van der Waals surface area contributed by atoms with E-state index in [4.69, 9.17) is 0 Å². The number of fused-ring (bicyclic) bond motifs is 1. The summed E-state index contributed by atoms with van der Waals surface area (Å²) in [6, 6.07) is 14.1. The summed E-state index contributed by atoms with van der Waals surface area (Å²) in [5, 5.41) is 5.83. The van der Waals surface area contributed by atoms with Gasteiger partial charge in [-0.05, 0) is 24.3 Å². The zero-order valence-electron chi connectivity index (χ0n) is 12.4. The van der Waals surface area contributed by atoms with Crippen molar-refractivity contribution in [2.24, 2.45) is 0 Å². The molecular weight excluding hydrogens is 292 g/mol. The number of carbonyl (C=O) groups is 3. The summed E-state index contributed by atoms with van der Waals surface area (Å²) in [4.78, 5) is 34.7. The molecule has 1 aliphatic carbocycles. The van der Waals surface area contributed by atoms with Gasteiger partial charge in [-0.25, -0.2) is 0 Å². The maximum Gasteiger partial charge on any atom is 0.233 e. The summed E-state index contributed by atoms with van der Waals surface area (Å²) < 4.78 is 0. The second-order valence-corrected chi connectivity index (χ2v) is 5.18. The van der Waals surface area contributed by atoms with Crippen molar-refractivity contribution >= 4 is 34.5 Å². The van der Waals surface area contributed by atoms with E-state index in [1.807, 2.05) is 6.07 Å². The molecule has 1 aliphatic rings. The average Bonchev–Trinajstić information content (AvgIpc) is 2.54. The lowest BCUT2D eigenvalue weighted by Gasteiger charge is -2.18. The summed E-state index contributed by atoms with van der Waals surface area (Å²) in [7, 11) is 0. The lowest BCUT2D eigenvalue weighted by atomic mass is 9.92. The lowest BCUT2D eigenvalue weighted by molar-refractivity contribution is -0.114. The van der Waals surface area contributed by atoms with Crippen LogP contribution in [0.15, 0.2) is 54.6 Å². The van der Waals surface area contributed by atoms with E-state index >= 15 is 0 Å². The standard InChI is InChI=1S/C18H14N2O3/c1-11(21)19-12-6-8-13(9-7-12)20-16-10-17(22)18(23)15-5-3-2-4-14(15)16/h2-10,20H,1H3,(H,19,21).